The maximum atomic E-state index is 14.3. The summed E-state index contributed by atoms with van der Waals surface area (Å²) < 4.78 is 26.0. The lowest BCUT2D eigenvalue weighted by Crippen LogP contribution is -2.52. The van der Waals surface area contributed by atoms with Crippen molar-refractivity contribution in [1.29, 1.82) is 0 Å². The number of ether oxygens (including phenoxy) is 2. The molecule has 3 fully saturated rings. The summed E-state index contributed by atoms with van der Waals surface area (Å²) in [6.45, 7) is 3.64. The van der Waals surface area contributed by atoms with Gasteiger partial charge in [0.15, 0.2) is 0 Å². The number of aliphatic imine (C=N–C) groups is 1. The lowest BCUT2D eigenvalue weighted by molar-refractivity contribution is -0.136. The molecule has 1 unspecified atom stereocenters. The van der Waals surface area contributed by atoms with Gasteiger partial charge < -0.3 is 20.1 Å². The molecule has 0 aliphatic carbocycles. The minimum Gasteiger partial charge on any atom is -0.705 e. The van der Waals surface area contributed by atoms with E-state index in [1.54, 1.807) is 24.4 Å². The monoisotopic (exact) mass is 588 g/mol. The fraction of sp³-hybridized carbons (Fsp3) is 0.438. The van der Waals surface area contributed by atoms with E-state index in [1.165, 1.54) is 17.2 Å². The second-order valence-electron chi connectivity index (χ2n) is 11.6. The fourth-order valence-corrected chi connectivity index (χ4v) is 6.33. The summed E-state index contributed by atoms with van der Waals surface area (Å²) in [5.74, 6) is -0.337. The van der Waals surface area contributed by atoms with Crippen LogP contribution in [-0.4, -0.2) is 78.7 Å². The number of carbonyl (C=O) groups is 3. The van der Waals surface area contributed by atoms with Crippen LogP contribution in [0.15, 0.2) is 53.2 Å². The molecule has 43 heavy (non-hydrogen) atoms. The third kappa shape index (κ3) is 6.62. The lowest BCUT2D eigenvalue weighted by atomic mass is 9.91. The van der Waals surface area contributed by atoms with Crippen LogP contribution in [0.3, 0.4) is 0 Å². The molecular weight excluding hydrogens is 553 g/mol. The number of nitrogens with zero attached hydrogens (tertiary/aromatic N) is 3. The smallest absolute Gasteiger partial charge is 0.255 e. The quantitative estimate of drug-likeness (QED) is 0.363. The Bertz CT molecular complexity index is 1470. The van der Waals surface area contributed by atoms with Crippen molar-refractivity contribution in [1.82, 2.24) is 15.1 Å². The molecule has 4 aliphatic heterocycles. The molecular formula is C32H35FN5O5-. The third-order valence-electron chi connectivity index (χ3n) is 8.60. The first-order valence-electron chi connectivity index (χ1n) is 14.8. The highest BCUT2D eigenvalue weighted by atomic mass is 19.1. The van der Waals surface area contributed by atoms with Crippen molar-refractivity contribution < 1.29 is 28.2 Å². The lowest BCUT2D eigenvalue weighted by Gasteiger charge is -2.29. The Balaban J connectivity index is 1.03. The van der Waals surface area contributed by atoms with E-state index < -0.39 is 11.9 Å². The molecule has 6 rings (SSSR count). The Kier molecular flexibility index (Phi) is 8.53. The zero-order chi connectivity index (χ0) is 29.9. The van der Waals surface area contributed by atoms with E-state index in [9.17, 15) is 18.8 Å². The summed E-state index contributed by atoms with van der Waals surface area (Å²) in [7, 11) is 0. The minimum absolute atomic E-state index is 0.0597. The van der Waals surface area contributed by atoms with Crippen LogP contribution in [0.2, 0.25) is 0 Å². The second-order valence-corrected chi connectivity index (χ2v) is 11.6. The molecule has 11 heteroatoms. The van der Waals surface area contributed by atoms with Gasteiger partial charge in [-0.2, -0.15) is 6.20 Å². The van der Waals surface area contributed by atoms with Crippen LogP contribution < -0.4 is 10.1 Å². The average Bonchev–Trinajstić information content (AvgIpc) is 3.58. The van der Waals surface area contributed by atoms with Gasteiger partial charge in [-0.3, -0.25) is 29.6 Å². The number of fused-ring (bicyclic) bond motifs is 1. The number of imide groups is 1. The number of halogens is 1. The van der Waals surface area contributed by atoms with Crippen molar-refractivity contribution in [2.24, 2.45) is 4.99 Å². The number of amides is 3. The molecule has 0 bridgehead atoms. The molecule has 4 heterocycles. The highest BCUT2D eigenvalue weighted by molar-refractivity contribution is 6.05. The van der Waals surface area contributed by atoms with E-state index in [-0.39, 0.29) is 36.1 Å². The fourth-order valence-electron chi connectivity index (χ4n) is 6.33. The summed E-state index contributed by atoms with van der Waals surface area (Å²) in [4.78, 5) is 45.0. The molecule has 2 aromatic carbocycles. The Morgan fingerprint density at radius 1 is 1.12 bits per heavy atom. The maximum absolute atomic E-state index is 14.3. The summed E-state index contributed by atoms with van der Waals surface area (Å²) in [5, 5.41) is 2.32. The van der Waals surface area contributed by atoms with Gasteiger partial charge in [-0.1, -0.05) is 0 Å². The number of piperidine rings is 1. The van der Waals surface area contributed by atoms with Gasteiger partial charge in [0.05, 0.1) is 5.69 Å². The number of likely N-dealkylation sites (tertiary alicyclic amines) is 1. The zero-order valence-electron chi connectivity index (χ0n) is 23.9. The topological polar surface area (TPSA) is 124 Å². The van der Waals surface area contributed by atoms with Crippen LogP contribution >= 0.6 is 0 Å². The first kappa shape index (κ1) is 29.0. The highest BCUT2D eigenvalue weighted by Crippen LogP contribution is 2.32. The van der Waals surface area contributed by atoms with E-state index in [4.69, 9.17) is 15.2 Å². The molecule has 2 N–H and O–H groups in total. The Morgan fingerprint density at radius 3 is 2.74 bits per heavy atom. The van der Waals surface area contributed by atoms with Gasteiger partial charge in [0.1, 0.15) is 23.7 Å². The molecule has 0 spiro atoms. The molecule has 0 aromatic heterocycles. The maximum Gasteiger partial charge on any atom is 0.255 e. The van der Waals surface area contributed by atoms with Crippen LogP contribution in [0.25, 0.3) is 5.73 Å². The molecule has 2 atom stereocenters. The van der Waals surface area contributed by atoms with Crippen molar-refractivity contribution in [3.05, 3.63) is 76.4 Å². The van der Waals surface area contributed by atoms with E-state index >= 15 is 0 Å². The first-order chi connectivity index (χ1) is 20.9. The van der Waals surface area contributed by atoms with Crippen LogP contribution in [0.4, 0.5) is 10.1 Å². The number of benzene rings is 2. The van der Waals surface area contributed by atoms with Crippen LogP contribution in [0.5, 0.6) is 5.75 Å². The number of rotatable bonds is 8. The molecule has 10 nitrogen and oxygen atoms in total. The molecule has 0 saturated carbocycles. The van der Waals surface area contributed by atoms with Gasteiger partial charge in [-0.15, -0.1) is 0 Å². The van der Waals surface area contributed by atoms with Crippen molar-refractivity contribution in [2.75, 3.05) is 32.8 Å². The number of carbonyl (C=O) groups excluding carboxylic acids is 3. The van der Waals surface area contributed by atoms with Crippen molar-refractivity contribution in [3.8, 4) is 5.75 Å². The molecule has 4 aliphatic rings. The molecule has 226 valence electrons. The second kappa shape index (κ2) is 12.6. The Morgan fingerprint density at radius 2 is 1.95 bits per heavy atom. The van der Waals surface area contributed by atoms with Gasteiger partial charge >= 0.3 is 0 Å². The standard InChI is InChI=1S/C32H36FN5O5/c33-24-11-22(21-6-9-42-10-7-21)12-25(14-24)35-16-20(15-34)17-37-8-5-27(19-37)43-26-1-2-28-23(13-26)18-38(32(28)41)29-3-4-30(39)36-31(29)40/h1-2,11-16,21,27,29H,3-10,17-19H2,(H3,34,35,36,39,40)/p-1/t27-,29?/m0/s1. The van der Waals surface area contributed by atoms with E-state index in [0.29, 0.717) is 61.8 Å². The van der Waals surface area contributed by atoms with Gasteiger partial charge in [-0.05, 0) is 84.7 Å². The van der Waals surface area contributed by atoms with Gasteiger partial charge in [0.2, 0.25) is 11.8 Å². The number of nitrogens with one attached hydrogen (secondary N) is 2. The van der Waals surface area contributed by atoms with E-state index in [2.05, 4.69) is 15.2 Å². The van der Waals surface area contributed by atoms with E-state index in [0.717, 1.165) is 36.9 Å². The largest absolute Gasteiger partial charge is 0.705 e. The summed E-state index contributed by atoms with van der Waals surface area (Å²) >= 11 is 0. The highest BCUT2D eigenvalue weighted by Gasteiger charge is 2.39. The molecule has 3 saturated heterocycles. The van der Waals surface area contributed by atoms with Crippen molar-refractivity contribution in [2.45, 2.75) is 56.7 Å². The molecule has 3 amide bonds. The summed E-state index contributed by atoms with van der Waals surface area (Å²) in [5.41, 5.74) is 11.4. The van der Waals surface area contributed by atoms with Crippen LogP contribution in [0, 0.1) is 5.82 Å². The number of hydrogen-bond donors (Lipinski definition) is 1. The Labute approximate surface area is 249 Å². The van der Waals surface area contributed by atoms with Gasteiger partial charge in [0, 0.05) is 57.6 Å². The van der Waals surface area contributed by atoms with Gasteiger partial charge in [0.25, 0.3) is 5.91 Å². The summed E-state index contributed by atoms with van der Waals surface area (Å²) in [6.07, 6.45) is 5.94. The van der Waals surface area contributed by atoms with Crippen molar-refractivity contribution >= 4 is 29.6 Å². The normalized spacial score (nSPS) is 23.7. The van der Waals surface area contributed by atoms with Crippen molar-refractivity contribution in [3.63, 3.8) is 0 Å². The average molecular weight is 589 g/mol. The predicted molar refractivity (Wildman–Crippen MR) is 158 cm³/mol. The summed E-state index contributed by atoms with van der Waals surface area (Å²) in [6, 6.07) is 9.64. The van der Waals surface area contributed by atoms with E-state index in [1.807, 2.05) is 12.1 Å². The SMILES string of the molecule is [NH-]/C=C(\C=Nc1cc(F)cc(C2CCOCC2)c1)CN1CC[C@H](Oc2ccc3c(c2)CN(C2CCC(=O)NC2=O)C3=O)C1. The third-order valence-corrected chi connectivity index (χ3v) is 8.60. The van der Waals surface area contributed by atoms with Crippen LogP contribution in [-0.2, 0) is 20.9 Å². The van der Waals surface area contributed by atoms with Gasteiger partial charge in [-0.25, -0.2) is 4.39 Å². The zero-order valence-corrected chi connectivity index (χ0v) is 23.9. The number of hydrogen-bond acceptors (Lipinski definition) is 7. The molecule has 0 radical (unpaired) electrons. The van der Waals surface area contributed by atoms with Crippen LogP contribution in [0.1, 0.15) is 59.5 Å². The first-order valence-corrected chi connectivity index (χ1v) is 14.8. The predicted octanol–water partition coefficient (Wildman–Crippen LogP) is 4.27. The minimum atomic E-state index is -0.650. The molecule has 2 aromatic rings. The Hall–Kier alpha value is -4.09.